The molecule has 7 nitrogen and oxygen atoms in total. The van der Waals surface area contributed by atoms with Crippen LogP contribution in [0.15, 0.2) is 52.7 Å². The van der Waals surface area contributed by atoms with E-state index in [0.717, 1.165) is 22.3 Å². The van der Waals surface area contributed by atoms with Crippen LogP contribution < -0.4 is 4.72 Å². The van der Waals surface area contributed by atoms with E-state index in [1.54, 1.807) is 6.92 Å². The molecule has 0 radical (unpaired) electrons. The molecule has 1 aromatic heterocycles. The first kappa shape index (κ1) is 20.1. The van der Waals surface area contributed by atoms with Crippen molar-refractivity contribution in [2.75, 3.05) is 6.54 Å². The summed E-state index contributed by atoms with van der Waals surface area (Å²) in [6.45, 7) is 3.78. The maximum Gasteiger partial charge on any atom is 0.270 e. The van der Waals surface area contributed by atoms with E-state index < -0.39 is 14.9 Å². The summed E-state index contributed by atoms with van der Waals surface area (Å²) in [7, 11) is -3.85. The first-order chi connectivity index (χ1) is 13.3. The Bertz CT molecular complexity index is 1110. The Morgan fingerprint density at radius 3 is 2.54 bits per heavy atom. The zero-order chi connectivity index (χ0) is 20.3. The average molecular weight is 418 g/mol. The smallest absolute Gasteiger partial charge is 0.258 e. The van der Waals surface area contributed by atoms with Crippen LogP contribution in [0.25, 0.3) is 10.6 Å². The number of nitro benzene ring substituents is 1. The molecule has 28 heavy (non-hydrogen) atoms. The Balaban J connectivity index is 1.67. The van der Waals surface area contributed by atoms with Gasteiger partial charge in [0.1, 0.15) is 5.01 Å². The van der Waals surface area contributed by atoms with Crippen LogP contribution in [0.1, 0.15) is 16.8 Å². The van der Waals surface area contributed by atoms with Gasteiger partial charge in [-0.15, -0.1) is 11.3 Å². The molecule has 0 fully saturated rings. The van der Waals surface area contributed by atoms with Gasteiger partial charge in [-0.3, -0.25) is 10.1 Å². The topological polar surface area (TPSA) is 102 Å². The number of sulfonamides is 1. The van der Waals surface area contributed by atoms with E-state index in [4.69, 9.17) is 0 Å². The van der Waals surface area contributed by atoms with Gasteiger partial charge in [-0.05, 0) is 19.4 Å². The van der Waals surface area contributed by atoms with E-state index in [2.05, 4.69) is 9.71 Å². The van der Waals surface area contributed by atoms with E-state index in [9.17, 15) is 18.5 Å². The van der Waals surface area contributed by atoms with Gasteiger partial charge in [0.15, 0.2) is 0 Å². The third-order valence-electron chi connectivity index (χ3n) is 4.20. The van der Waals surface area contributed by atoms with Gasteiger partial charge in [-0.25, -0.2) is 18.1 Å². The van der Waals surface area contributed by atoms with Gasteiger partial charge in [-0.2, -0.15) is 0 Å². The lowest BCUT2D eigenvalue weighted by atomic mass is 10.2. The van der Waals surface area contributed by atoms with Crippen molar-refractivity contribution in [3.8, 4) is 10.6 Å². The van der Waals surface area contributed by atoms with Gasteiger partial charge in [-0.1, -0.05) is 35.9 Å². The molecule has 1 heterocycles. The summed E-state index contributed by atoms with van der Waals surface area (Å²) in [6.07, 6.45) is 0.426. The largest absolute Gasteiger partial charge is 0.270 e. The Kier molecular flexibility index (Phi) is 5.87. The van der Waals surface area contributed by atoms with Crippen LogP contribution in [0.3, 0.4) is 0 Å². The summed E-state index contributed by atoms with van der Waals surface area (Å²) >= 11 is 1.51. The predicted molar refractivity (Wildman–Crippen MR) is 109 cm³/mol. The van der Waals surface area contributed by atoms with Crippen molar-refractivity contribution in [3.05, 3.63) is 74.8 Å². The number of nitro groups is 1. The van der Waals surface area contributed by atoms with E-state index in [1.807, 2.05) is 36.6 Å². The summed E-state index contributed by atoms with van der Waals surface area (Å²) in [5.74, 6) is 0. The number of non-ortho nitro benzene ring substituents is 1. The highest BCUT2D eigenvalue weighted by Gasteiger charge is 2.20. The average Bonchev–Trinajstić information content (AvgIpc) is 3.11. The van der Waals surface area contributed by atoms with Gasteiger partial charge in [0.25, 0.3) is 5.69 Å². The Morgan fingerprint density at radius 1 is 1.14 bits per heavy atom. The Labute approximate surface area is 167 Å². The maximum atomic E-state index is 12.5. The molecule has 0 aliphatic heterocycles. The first-order valence-electron chi connectivity index (χ1n) is 8.52. The fourth-order valence-electron chi connectivity index (χ4n) is 2.63. The predicted octanol–water partition coefficient (Wildman–Crippen LogP) is 3.86. The molecule has 3 rings (SSSR count). The van der Waals surface area contributed by atoms with Gasteiger partial charge in [0.2, 0.25) is 10.0 Å². The molecule has 2 aromatic carbocycles. The second kappa shape index (κ2) is 8.17. The van der Waals surface area contributed by atoms with E-state index in [0.29, 0.717) is 12.0 Å². The molecule has 0 bridgehead atoms. The molecule has 0 unspecified atom stereocenters. The lowest BCUT2D eigenvalue weighted by Crippen LogP contribution is -2.26. The van der Waals surface area contributed by atoms with Crippen LogP contribution in [0.4, 0.5) is 5.69 Å². The van der Waals surface area contributed by atoms with E-state index >= 15 is 0 Å². The number of aromatic nitrogens is 1. The molecule has 9 heteroatoms. The monoisotopic (exact) mass is 417 g/mol. The van der Waals surface area contributed by atoms with Gasteiger partial charge < -0.3 is 0 Å². The minimum atomic E-state index is -3.85. The highest BCUT2D eigenvalue weighted by atomic mass is 32.2. The summed E-state index contributed by atoms with van der Waals surface area (Å²) in [5.41, 5.74) is 3.18. The van der Waals surface area contributed by atoms with Crippen molar-refractivity contribution >= 4 is 27.0 Å². The normalized spacial score (nSPS) is 11.5. The summed E-state index contributed by atoms with van der Waals surface area (Å²) in [6, 6.07) is 11.8. The number of thiazole rings is 1. The molecule has 0 amide bonds. The third kappa shape index (κ3) is 4.61. The second-order valence-corrected chi connectivity index (χ2v) is 8.96. The number of nitrogens with zero attached hydrogens (tertiary/aromatic N) is 2. The van der Waals surface area contributed by atoms with Crippen molar-refractivity contribution in [2.24, 2.45) is 0 Å². The number of nitrogens with one attached hydrogen (secondary N) is 1. The molecular formula is C19H19N3O4S2. The molecule has 3 aromatic rings. The summed E-state index contributed by atoms with van der Waals surface area (Å²) in [4.78, 5) is 14.8. The molecule has 0 aliphatic carbocycles. The van der Waals surface area contributed by atoms with Crippen LogP contribution in [0.5, 0.6) is 0 Å². The zero-order valence-corrected chi connectivity index (χ0v) is 17.0. The van der Waals surface area contributed by atoms with Crippen LogP contribution in [-0.4, -0.2) is 24.9 Å². The maximum absolute atomic E-state index is 12.5. The van der Waals surface area contributed by atoms with E-state index in [-0.39, 0.29) is 17.1 Å². The molecule has 1 N–H and O–H groups in total. The fraction of sp³-hybridized carbons (Fsp3) is 0.211. The first-order valence-corrected chi connectivity index (χ1v) is 10.9. The second-order valence-electron chi connectivity index (χ2n) is 6.36. The minimum absolute atomic E-state index is 0.0830. The molecular weight excluding hydrogens is 398 g/mol. The van der Waals surface area contributed by atoms with Crippen LogP contribution in [-0.2, 0) is 16.4 Å². The fourth-order valence-corrected chi connectivity index (χ4v) is 4.79. The molecule has 0 atom stereocenters. The van der Waals surface area contributed by atoms with Crippen molar-refractivity contribution in [3.63, 3.8) is 0 Å². The van der Waals surface area contributed by atoms with Gasteiger partial charge >= 0.3 is 0 Å². The van der Waals surface area contributed by atoms with Crippen LogP contribution in [0, 0.1) is 24.0 Å². The summed E-state index contributed by atoms with van der Waals surface area (Å²) in [5, 5.41) is 13.7. The van der Waals surface area contributed by atoms with Crippen molar-refractivity contribution in [1.82, 2.24) is 9.71 Å². The van der Waals surface area contributed by atoms with Crippen molar-refractivity contribution in [1.29, 1.82) is 0 Å². The Hall–Kier alpha value is -2.62. The highest BCUT2D eigenvalue weighted by Crippen LogP contribution is 2.24. The molecule has 146 valence electrons. The SMILES string of the molecule is Cc1ccc(-c2nc(CCNS(=O)(=O)c3cc([N+](=O)[O-])ccc3C)cs2)cc1. The summed E-state index contributed by atoms with van der Waals surface area (Å²) < 4.78 is 27.6. The number of hydrogen-bond donors (Lipinski definition) is 1. The molecule has 0 spiro atoms. The number of rotatable bonds is 7. The van der Waals surface area contributed by atoms with Crippen molar-refractivity contribution < 1.29 is 13.3 Å². The van der Waals surface area contributed by atoms with Gasteiger partial charge in [0.05, 0.1) is 15.5 Å². The number of benzene rings is 2. The molecule has 0 saturated heterocycles. The van der Waals surface area contributed by atoms with E-state index in [1.165, 1.54) is 29.0 Å². The molecule has 0 aliphatic rings. The standard InChI is InChI=1S/C19H19N3O4S2/c1-13-3-6-15(7-4-13)19-21-16(12-27-19)9-10-20-28(25,26)18-11-17(22(23)24)8-5-14(18)2/h3-8,11-12,20H,9-10H2,1-2H3. The lowest BCUT2D eigenvalue weighted by Gasteiger charge is -2.08. The lowest BCUT2D eigenvalue weighted by molar-refractivity contribution is -0.385. The third-order valence-corrected chi connectivity index (χ3v) is 6.74. The molecule has 0 saturated carbocycles. The zero-order valence-electron chi connectivity index (χ0n) is 15.4. The number of aryl methyl sites for hydroxylation is 2. The van der Waals surface area contributed by atoms with Crippen LogP contribution >= 0.6 is 11.3 Å². The number of hydrogen-bond acceptors (Lipinski definition) is 6. The van der Waals surface area contributed by atoms with Crippen molar-refractivity contribution in [2.45, 2.75) is 25.2 Å². The Morgan fingerprint density at radius 2 is 1.86 bits per heavy atom. The highest BCUT2D eigenvalue weighted by molar-refractivity contribution is 7.89. The van der Waals surface area contributed by atoms with Crippen LogP contribution in [0.2, 0.25) is 0 Å². The van der Waals surface area contributed by atoms with Gasteiger partial charge in [0, 0.05) is 36.0 Å². The minimum Gasteiger partial charge on any atom is -0.258 e. The quantitative estimate of drug-likeness (QED) is 0.465.